The zero-order chi connectivity index (χ0) is 19.0. The molecule has 2 aromatic rings. The molecule has 1 aromatic heterocycles. The van der Waals surface area contributed by atoms with Gasteiger partial charge in [-0.3, -0.25) is 0 Å². The number of ether oxygens (including phenoxy) is 2. The van der Waals surface area contributed by atoms with E-state index in [-0.39, 0.29) is 12.1 Å². The number of nitrogen functional groups attached to an aromatic ring is 1. The molecule has 1 heterocycles. The molecular weight excluding hydrogens is 334 g/mol. The Morgan fingerprint density at radius 3 is 2.58 bits per heavy atom. The van der Waals surface area contributed by atoms with E-state index in [4.69, 9.17) is 15.3 Å². The van der Waals surface area contributed by atoms with Crippen molar-refractivity contribution in [2.24, 2.45) is 5.84 Å². The highest BCUT2D eigenvalue weighted by Gasteiger charge is 2.20. The molecule has 26 heavy (non-hydrogen) atoms. The molecule has 0 radical (unpaired) electrons. The topological polar surface area (TPSA) is 115 Å². The van der Waals surface area contributed by atoms with Crippen molar-refractivity contribution in [3.8, 4) is 11.6 Å². The van der Waals surface area contributed by atoms with E-state index in [0.717, 1.165) is 11.3 Å². The van der Waals surface area contributed by atoms with Gasteiger partial charge in [0.1, 0.15) is 25.1 Å². The van der Waals surface area contributed by atoms with Crippen molar-refractivity contribution in [3.63, 3.8) is 0 Å². The smallest absolute Gasteiger partial charge is 0.233 e. The number of aryl methyl sites for hydroxylation is 1. The monoisotopic (exact) mass is 361 g/mol. The zero-order valence-corrected chi connectivity index (χ0v) is 15.4. The lowest BCUT2D eigenvalue weighted by Gasteiger charge is -2.27. The first kappa shape index (κ1) is 19.9. The number of aromatic nitrogens is 2. The molecule has 0 fully saturated rings. The molecule has 1 atom stereocenters. The van der Waals surface area contributed by atoms with Crippen LogP contribution in [0, 0.1) is 6.92 Å². The number of aliphatic hydroxyl groups is 1. The number of rotatable bonds is 10. The van der Waals surface area contributed by atoms with Gasteiger partial charge in [-0.25, -0.2) is 5.84 Å². The molecule has 8 nitrogen and oxygen atoms in total. The largest absolute Gasteiger partial charge is 0.491 e. The number of hydrogen-bond donors (Lipinski definition) is 4. The molecule has 0 saturated heterocycles. The third-order valence-electron chi connectivity index (χ3n) is 3.71. The Labute approximate surface area is 153 Å². The van der Waals surface area contributed by atoms with Gasteiger partial charge in [-0.2, -0.15) is 0 Å². The lowest BCUT2D eigenvalue weighted by Crippen LogP contribution is -2.48. The highest BCUT2D eigenvalue weighted by molar-refractivity contribution is 5.32. The van der Waals surface area contributed by atoms with Crippen molar-refractivity contribution in [2.45, 2.75) is 32.4 Å². The number of nitrogens with zero attached hydrogens (tertiary/aromatic N) is 2. The van der Waals surface area contributed by atoms with E-state index in [1.165, 1.54) is 0 Å². The number of aliphatic hydroxyl groups excluding tert-OH is 1. The van der Waals surface area contributed by atoms with Crippen molar-refractivity contribution in [1.82, 2.24) is 15.5 Å². The number of nitrogens with one attached hydrogen (secondary N) is 2. The van der Waals surface area contributed by atoms with Crippen LogP contribution in [-0.4, -0.2) is 46.7 Å². The summed E-state index contributed by atoms with van der Waals surface area (Å²) < 4.78 is 11.3. The summed E-state index contributed by atoms with van der Waals surface area (Å²) in [5.41, 5.74) is 3.08. The van der Waals surface area contributed by atoms with Gasteiger partial charge in [0.15, 0.2) is 5.82 Å². The van der Waals surface area contributed by atoms with Crippen LogP contribution in [0.15, 0.2) is 36.4 Å². The van der Waals surface area contributed by atoms with E-state index >= 15 is 0 Å². The molecule has 1 aromatic carbocycles. The van der Waals surface area contributed by atoms with E-state index in [2.05, 4.69) is 20.9 Å². The normalized spacial score (nSPS) is 12.5. The molecule has 0 spiro atoms. The summed E-state index contributed by atoms with van der Waals surface area (Å²) in [6.45, 7) is 6.88. The summed E-state index contributed by atoms with van der Waals surface area (Å²) in [5, 5.41) is 21.2. The molecule has 0 saturated carbocycles. The summed E-state index contributed by atoms with van der Waals surface area (Å²) in [4.78, 5) is 0. The summed E-state index contributed by atoms with van der Waals surface area (Å²) in [6.07, 6.45) is -0.636. The molecule has 0 amide bonds. The number of β-amino-alcohol motifs (C(OH)–C–C–N with tert-alkyl or cyclic N) is 1. The number of anilines is 1. The predicted molar refractivity (Wildman–Crippen MR) is 100 cm³/mol. The Morgan fingerprint density at radius 2 is 1.92 bits per heavy atom. The minimum Gasteiger partial charge on any atom is -0.491 e. The van der Waals surface area contributed by atoms with E-state index in [1.54, 1.807) is 12.1 Å². The lowest BCUT2D eigenvalue weighted by atomic mass is 10.1. The Kier molecular flexibility index (Phi) is 7.14. The summed E-state index contributed by atoms with van der Waals surface area (Å²) >= 11 is 0. The first-order valence-electron chi connectivity index (χ1n) is 8.44. The minimum absolute atomic E-state index is 0.216. The van der Waals surface area contributed by atoms with Crippen LogP contribution >= 0.6 is 0 Å². The van der Waals surface area contributed by atoms with Crippen LogP contribution in [-0.2, 0) is 0 Å². The van der Waals surface area contributed by atoms with Gasteiger partial charge in [0, 0.05) is 18.2 Å². The SMILES string of the molecule is Cc1ccccc1OCC(O)CNC(C)(C)COc1ccc(NN)nn1. The van der Waals surface area contributed by atoms with Crippen LogP contribution in [0.2, 0.25) is 0 Å². The van der Waals surface area contributed by atoms with Crippen molar-refractivity contribution in [3.05, 3.63) is 42.0 Å². The Morgan fingerprint density at radius 1 is 1.15 bits per heavy atom. The highest BCUT2D eigenvalue weighted by Crippen LogP contribution is 2.16. The average Bonchev–Trinajstić information content (AvgIpc) is 2.65. The van der Waals surface area contributed by atoms with E-state index in [1.807, 2.05) is 45.0 Å². The quantitative estimate of drug-likeness (QED) is 0.369. The van der Waals surface area contributed by atoms with Gasteiger partial charge in [0.05, 0.1) is 0 Å². The van der Waals surface area contributed by atoms with Gasteiger partial charge in [-0.05, 0) is 38.5 Å². The maximum absolute atomic E-state index is 10.1. The van der Waals surface area contributed by atoms with Crippen molar-refractivity contribution < 1.29 is 14.6 Å². The first-order valence-corrected chi connectivity index (χ1v) is 8.44. The lowest BCUT2D eigenvalue weighted by molar-refractivity contribution is 0.0920. The molecule has 5 N–H and O–H groups in total. The van der Waals surface area contributed by atoms with Crippen molar-refractivity contribution in [2.75, 3.05) is 25.2 Å². The molecule has 8 heteroatoms. The maximum atomic E-state index is 10.1. The summed E-state index contributed by atoms with van der Waals surface area (Å²) in [6, 6.07) is 11.1. The second-order valence-electron chi connectivity index (χ2n) is 6.68. The molecule has 0 aliphatic heterocycles. The van der Waals surface area contributed by atoms with Crippen LogP contribution in [0.3, 0.4) is 0 Å². The molecule has 0 aliphatic rings. The minimum atomic E-state index is -0.636. The Hall–Kier alpha value is -2.42. The van der Waals surface area contributed by atoms with E-state index < -0.39 is 6.10 Å². The number of hydrazine groups is 1. The third-order valence-corrected chi connectivity index (χ3v) is 3.71. The van der Waals surface area contributed by atoms with Crippen LogP contribution in [0.4, 0.5) is 5.82 Å². The molecule has 0 aliphatic carbocycles. The van der Waals surface area contributed by atoms with Gasteiger partial charge < -0.3 is 25.3 Å². The van der Waals surface area contributed by atoms with Gasteiger partial charge in [0.25, 0.3) is 0 Å². The van der Waals surface area contributed by atoms with Crippen LogP contribution in [0.1, 0.15) is 19.4 Å². The molecular formula is C18H27N5O3. The van der Waals surface area contributed by atoms with Crippen molar-refractivity contribution >= 4 is 5.82 Å². The number of benzene rings is 1. The summed E-state index contributed by atoms with van der Waals surface area (Å²) in [5.74, 6) is 6.89. The van der Waals surface area contributed by atoms with E-state index in [0.29, 0.717) is 24.8 Å². The Balaban J connectivity index is 1.72. The number of para-hydroxylation sites is 1. The van der Waals surface area contributed by atoms with Crippen molar-refractivity contribution in [1.29, 1.82) is 0 Å². The van der Waals surface area contributed by atoms with Gasteiger partial charge in [-0.15, -0.1) is 10.2 Å². The Bertz CT molecular complexity index is 679. The van der Waals surface area contributed by atoms with E-state index in [9.17, 15) is 5.11 Å². The van der Waals surface area contributed by atoms with Crippen LogP contribution < -0.4 is 26.1 Å². The van der Waals surface area contributed by atoms with Crippen LogP contribution in [0.5, 0.6) is 11.6 Å². The standard InChI is InChI=1S/C18H27N5O3/c1-13-6-4-5-7-15(13)25-11-14(24)10-20-18(2,3)12-26-17-9-8-16(21-19)22-23-17/h4-9,14,20,24H,10-12,19H2,1-3H3,(H,21,22). The fourth-order valence-electron chi connectivity index (χ4n) is 2.14. The molecule has 2 rings (SSSR count). The molecule has 1 unspecified atom stereocenters. The summed E-state index contributed by atoms with van der Waals surface area (Å²) in [7, 11) is 0. The zero-order valence-electron chi connectivity index (χ0n) is 15.4. The maximum Gasteiger partial charge on any atom is 0.233 e. The van der Waals surface area contributed by atoms with Gasteiger partial charge in [-0.1, -0.05) is 18.2 Å². The first-order chi connectivity index (χ1) is 12.4. The molecule has 142 valence electrons. The highest BCUT2D eigenvalue weighted by atomic mass is 16.5. The van der Waals surface area contributed by atoms with Gasteiger partial charge in [0.2, 0.25) is 5.88 Å². The fourth-order valence-corrected chi connectivity index (χ4v) is 2.14. The predicted octanol–water partition coefficient (Wildman–Crippen LogP) is 1.26. The van der Waals surface area contributed by atoms with Crippen LogP contribution in [0.25, 0.3) is 0 Å². The fraction of sp³-hybridized carbons (Fsp3) is 0.444. The third kappa shape index (κ3) is 6.47. The second kappa shape index (κ2) is 9.33. The average molecular weight is 361 g/mol. The number of nitrogens with two attached hydrogens (primary N) is 1. The van der Waals surface area contributed by atoms with Gasteiger partial charge >= 0.3 is 0 Å². The second-order valence-corrected chi connectivity index (χ2v) is 6.68. The number of hydrogen-bond acceptors (Lipinski definition) is 8. The molecule has 0 bridgehead atoms.